The smallest absolute Gasteiger partial charge is 0.320 e. The Morgan fingerprint density at radius 3 is 2.74 bits per heavy atom. The summed E-state index contributed by atoms with van der Waals surface area (Å²) in [4.78, 5) is 14.2. The number of amides is 2. The highest BCUT2D eigenvalue weighted by Crippen LogP contribution is 2.27. The lowest BCUT2D eigenvalue weighted by Gasteiger charge is -2.37. The Hall–Kier alpha value is -1.37. The van der Waals surface area contributed by atoms with E-state index in [0.717, 1.165) is 5.75 Å². The minimum Gasteiger partial charge on any atom is -0.320 e. The molecule has 128 valence electrons. The van der Waals surface area contributed by atoms with Crippen LogP contribution in [0.2, 0.25) is 0 Å². The molecule has 0 bridgehead atoms. The third-order valence-electron chi connectivity index (χ3n) is 4.08. The summed E-state index contributed by atoms with van der Waals surface area (Å²) in [6.07, 6.45) is -5.24. The summed E-state index contributed by atoms with van der Waals surface area (Å²) >= 11 is 1.82. The van der Waals surface area contributed by atoms with Gasteiger partial charge in [-0.3, -0.25) is 0 Å². The fourth-order valence-corrected chi connectivity index (χ4v) is 3.64. The van der Waals surface area contributed by atoms with E-state index in [1.165, 1.54) is 0 Å². The largest absolute Gasteiger partial charge is 0.389 e. The van der Waals surface area contributed by atoms with Crippen molar-refractivity contribution in [1.82, 2.24) is 4.90 Å². The lowest BCUT2D eigenvalue weighted by Crippen LogP contribution is -2.49. The molecule has 1 saturated heterocycles. The molecule has 2 atom stereocenters. The maximum atomic E-state index is 12.5. The zero-order chi connectivity index (χ0) is 17.0. The number of carbonyl (C=O) groups is 1. The van der Waals surface area contributed by atoms with Gasteiger partial charge in [0.05, 0.1) is 0 Å². The molecule has 0 aromatic heterocycles. The molecule has 1 heterocycles. The number of nitrogens with zero attached hydrogens (tertiary/aromatic N) is 1. The van der Waals surface area contributed by atoms with Crippen LogP contribution in [0.3, 0.4) is 0 Å². The highest BCUT2D eigenvalue weighted by atomic mass is 32.2. The van der Waals surface area contributed by atoms with Crippen molar-refractivity contribution in [3.05, 3.63) is 29.8 Å². The summed E-state index contributed by atoms with van der Waals surface area (Å²) in [6.45, 7) is 4.71. The van der Waals surface area contributed by atoms with Crippen molar-refractivity contribution in [2.45, 2.75) is 44.2 Å². The average molecular weight is 346 g/mol. The zero-order valence-corrected chi connectivity index (χ0v) is 14.0. The Kier molecular flexibility index (Phi) is 5.84. The standard InChI is InChI=1S/C16H21F3N2OS/c1-11-12(2)23-10-9-21(11)15(22)20-14-6-4-3-5-13(14)7-8-16(17,18)19/h3-6,11-12H,7-10H2,1-2H3,(H,20,22)/t11-,12-/m1/s1. The van der Waals surface area contributed by atoms with Crippen LogP contribution in [0.1, 0.15) is 25.8 Å². The summed E-state index contributed by atoms with van der Waals surface area (Å²) in [5, 5.41) is 3.12. The number of urea groups is 1. The topological polar surface area (TPSA) is 32.3 Å². The van der Waals surface area contributed by atoms with Crippen molar-refractivity contribution >= 4 is 23.5 Å². The minimum atomic E-state index is -4.20. The van der Waals surface area contributed by atoms with Gasteiger partial charge in [-0.15, -0.1) is 0 Å². The van der Waals surface area contributed by atoms with Crippen LogP contribution in [0.5, 0.6) is 0 Å². The number of hydrogen-bond donors (Lipinski definition) is 1. The molecule has 2 amide bonds. The van der Waals surface area contributed by atoms with Gasteiger partial charge in [0.2, 0.25) is 0 Å². The van der Waals surface area contributed by atoms with Gasteiger partial charge in [0.25, 0.3) is 0 Å². The molecule has 0 aliphatic carbocycles. The molecule has 0 radical (unpaired) electrons. The number of nitrogens with one attached hydrogen (secondary N) is 1. The number of thioether (sulfide) groups is 1. The number of alkyl halides is 3. The van der Waals surface area contributed by atoms with Crippen LogP contribution in [0.25, 0.3) is 0 Å². The van der Waals surface area contributed by atoms with E-state index in [0.29, 0.717) is 23.0 Å². The minimum absolute atomic E-state index is 0.0936. The van der Waals surface area contributed by atoms with E-state index in [2.05, 4.69) is 12.2 Å². The van der Waals surface area contributed by atoms with Crippen LogP contribution < -0.4 is 5.32 Å². The van der Waals surface area contributed by atoms with Crippen LogP contribution in [-0.4, -0.2) is 40.7 Å². The number of anilines is 1. The predicted octanol–water partition coefficient (Wildman–Crippen LogP) is 4.54. The Morgan fingerprint density at radius 1 is 1.35 bits per heavy atom. The number of benzene rings is 1. The quantitative estimate of drug-likeness (QED) is 0.871. The predicted molar refractivity (Wildman–Crippen MR) is 87.9 cm³/mol. The van der Waals surface area contributed by atoms with Crippen molar-refractivity contribution in [1.29, 1.82) is 0 Å². The van der Waals surface area contributed by atoms with E-state index >= 15 is 0 Å². The van der Waals surface area contributed by atoms with Crippen molar-refractivity contribution in [3.63, 3.8) is 0 Å². The van der Waals surface area contributed by atoms with Gasteiger partial charge in [-0.2, -0.15) is 24.9 Å². The summed E-state index contributed by atoms with van der Waals surface area (Å²) < 4.78 is 37.3. The second-order valence-corrected chi connectivity index (χ2v) is 7.20. The molecule has 1 aromatic carbocycles. The van der Waals surface area contributed by atoms with E-state index in [1.54, 1.807) is 29.2 Å². The fraction of sp³-hybridized carbons (Fsp3) is 0.562. The van der Waals surface area contributed by atoms with Crippen molar-refractivity contribution in [2.24, 2.45) is 0 Å². The lowest BCUT2D eigenvalue weighted by atomic mass is 10.1. The number of carbonyl (C=O) groups excluding carboxylic acids is 1. The molecule has 3 nitrogen and oxygen atoms in total. The average Bonchev–Trinajstić information content (AvgIpc) is 2.48. The summed E-state index contributed by atoms with van der Waals surface area (Å²) in [7, 11) is 0. The van der Waals surface area contributed by atoms with Gasteiger partial charge >= 0.3 is 12.2 Å². The maximum absolute atomic E-state index is 12.5. The van der Waals surface area contributed by atoms with Gasteiger partial charge in [-0.05, 0) is 25.0 Å². The van der Waals surface area contributed by atoms with Crippen molar-refractivity contribution in [3.8, 4) is 0 Å². The summed E-state index contributed by atoms with van der Waals surface area (Å²) in [6, 6.07) is 6.52. The first kappa shape index (κ1) is 18.0. The summed E-state index contributed by atoms with van der Waals surface area (Å²) in [5.74, 6) is 0.870. The number of hydrogen-bond acceptors (Lipinski definition) is 2. The van der Waals surface area contributed by atoms with E-state index in [1.807, 2.05) is 18.7 Å². The highest BCUT2D eigenvalue weighted by molar-refractivity contribution is 8.00. The normalized spacial score (nSPS) is 22.0. The van der Waals surface area contributed by atoms with Crippen LogP contribution in [0.4, 0.5) is 23.7 Å². The third-order valence-corrected chi connectivity index (χ3v) is 5.42. The van der Waals surface area contributed by atoms with Gasteiger partial charge in [0, 0.05) is 35.7 Å². The molecule has 23 heavy (non-hydrogen) atoms. The summed E-state index contributed by atoms with van der Waals surface area (Å²) in [5.41, 5.74) is 0.963. The van der Waals surface area contributed by atoms with Crippen LogP contribution >= 0.6 is 11.8 Å². The number of aryl methyl sites for hydroxylation is 1. The SMILES string of the molecule is C[C@@H]1[C@@H](C)SCCN1C(=O)Nc1ccccc1CCC(F)(F)F. The first-order chi connectivity index (χ1) is 10.8. The lowest BCUT2D eigenvalue weighted by molar-refractivity contribution is -0.133. The number of para-hydroxylation sites is 1. The first-order valence-corrected chi connectivity index (χ1v) is 8.66. The molecule has 1 aromatic rings. The second kappa shape index (κ2) is 7.47. The van der Waals surface area contributed by atoms with Gasteiger partial charge in [0.15, 0.2) is 0 Å². The highest BCUT2D eigenvalue weighted by Gasteiger charge is 2.30. The van der Waals surface area contributed by atoms with E-state index in [-0.39, 0.29) is 18.5 Å². The Balaban J connectivity index is 2.06. The Bertz CT molecular complexity index is 550. The van der Waals surface area contributed by atoms with Crippen LogP contribution in [0.15, 0.2) is 24.3 Å². The Morgan fingerprint density at radius 2 is 2.04 bits per heavy atom. The number of rotatable bonds is 3. The zero-order valence-electron chi connectivity index (χ0n) is 13.2. The third kappa shape index (κ3) is 5.06. The molecule has 2 rings (SSSR count). The monoisotopic (exact) mass is 346 g/mol. The van der Waals surface area contributed by atoms with Gasteiger partial charge in [-0.25, -0.2) is 4.79 Å². The van der Waals surface area contributed by atoms with Crippen LogP contribution in [0, 0.1) is 0 Å². The molecular weight excluding hydrogens is 325 g/mol. The molecular formula is C16H21F3N2OS. The molecule has 7 heteroatoms. The second-order valence-electron chi connectivity index (χ2n) is 5.71. The van der Waals surface area contributed by atoms with Crippen LogP contribution in [-0.2, 0) is 6.42 Å². The molecule has 0 unspecified atom stereocenters. The molecule has 0 saturated carbocycles. The molecule has 0 spiro atoms. The van der Waals surface area contributed by atoms with Gasteiger partial charge < -0.3 is 10.2 Å². The Labute approximate surface area is 138 Å². The molecule has 1 fully saturated rings. The molecule has 1 aliphatic rings. The van der Waals surface area contributed by atoms with E-state index in [9.17, 15) is 18.0 Å². The van der Waals surface area contributed by atoms with Gasteiger partial charge in [0.1, 0.15) is 0 Å². The molecule has 1 N–H and O–H groups in total. The molecule has 1 aliphatic heterocycles. The van der Waals surface area contributed by atoms with Gasteiger partial charge in [-0.1, -0.05) is 25.1 Å². The number of halogens is 3. The van der Waals surface area contributed by atoms with E-state index < -0.39 is 12.6 Å². The maximum Gasteiger partial charge on any atom is 0.389 e. The fourth-order valence-electron chi connectivity index (χ4n) is 2.54. The van der Waals surface area contributed by atoms with Crippen molar-refractivity contribution in [2.75, 3.05) is 17.6 Å². The van der Waals surface area contributed by atoms with Crippen molar-refractivity contribution < 1.29 is 18.0 Å². The van der Waals surface area contributed by atoms with E-state index in [4.69, 9.17) is 0 Å². The first-order valence-electron chi connectivity index (χ1n) is 7.62.